The number of aromatic nitrogens is 1. The average molecular weight is 457 g/mol. The van der Waals surface area contributed by atoms with E-state index in [0.717, 1.165) is 44.0 Å². The van der Waals surface area contributed by atoms with Crippen molar-refractivity contribution in [1.29, 1.82) is 0 Å². The predicted octanol–water partition coefficient (Wildman–Crippen LogP) is 3.85. The molecule has 4 rings (SSSR count). The number of hydrogen-bond acceptors (Lipinski definition) is 5. The summed E-state index contributed by atoms with van der Waals surface area (Å²) < 4.78 is 0. The van der Waals surface area contributed by atoms with E-state index in [4.69, 9.17) is 0 Å². The quantitative estimate of drug-likeness (QED) is 0.504. The number of amides is 1. The van der Waals surface area contributed by atoms with Crippen molar-refractivity contribution in [3.63, 3.8) is 0 Å². The van der Waals surface area contributed by atoms with Gasteiger partial charge in [-0.1, -0.05) is 60.7 Å². The summed E-state index contributed by atoms with van der Waals surface area (Å²) in [6.45, 7) is 4.30. The molecule has 2 aromatic carbocycles. The van der Waals surface area contributed by atoms with E-state index in [1.54, 1.807) is 12.3 Å². The maximum atomic E-state index is 12.2. The average Bonchev–Trinajstić information content (AvgIpc) is 3.10. The third-order valence-electron chi connectivity index (χ3n) is 5.94. The predicted molar refractivity (Wildman–Crippen MR) is 138 cm³/mol. The lowest BCUT2D eigenvalue weighted by molar-refractivity contribution is -0.111. The zero-order valence-electron chi connectivity index (χ0n) is 19.4. The Balaban J connectivity index is 1.25. The standard InChI is InChI=1S/C28H32N4O2/c33-26(20-24-10-5-2-6-11-24)22-31-16-7-17-32(19-18-31)27-14-13-25(21-29-27)30-28(34)15-12-23-8-3-1-4-9-23/h1-6,8-15,21,26,33H,7,16-20,22H2,(H,30,34)/b15-12+/t26-/m1/s1. The Morgan fingerprint density at radius 3 is 2.47 bits per heavy atom. The van der Waals surface area contributed by atoms with Crippen LogP contribution in [0.5, 0.6) is 0 Å². The second-order valence-electron chi connectivity index (χ2n) is 8.62. The van der Waals surface area contributed by atoms with Gasteiger partial charge in [0, 0.05) is 32.3 Å². The number of nitrogens with one attached hydrogen (secondary N) is 1. The molecular weight excluding hydrogens is 424 g/mol. The Morgan fingerprint density at radius 1 is 0.971 bits per heavy atom. The van der Waals surface area contributed by atoms with E-state index in [-0.39, 0.29) is 12.0 Å². The van der Waals surface area contributed by atoms with Crippen molar-refractivity contribution < 1.29 is 9.90 Å². The minimum atomic E-state index is -0.370. The molecule has 2 heterocycles. The molecule has 1 aliphatic rings. The van der Waals surface area contributed by atoms with Crippen LogP contribution in [0, 0.1) is 0 Å². The van der Waals surface area contributed by atoms with E-state index in [9.17, 15) is 9.90 Å². The molecule has 1 amide bonds. The number of pyridine rings is 1. The van der Waals surface area contributed by atoms with Crippen LogP contribution in [-0.2, 0) is 11.2 Å². The van der Waals surface area contributed by atoms with E-state index in [0.29, 0.717) is 18.7 Å². The Labute approximate surface area is 201 Å². The fourth-order valence-corrected chi connectivity index (χ4v) is 4.20. The van der Waals surface area contributed by atoms with Gasteiger partial charge < -0.3 is 15.3 Å². The molecule has 0 aliphatic carbocycles. The highest BCUT2D eigenvalue weighted by atomic mass is 16.3. The summed E-state index contributed by atoms with van der Waals surface area (Å²) in [6.07, 6.45) is 6.34. The van der Waals surface area contributed by atoms with E-state index in [1.807, 2.05) is 60.7 Å². The van der Waals surface area contributed by atoms with Crippen molar-refractivity contribution in [2.45, 2.75) is 18.9 Å². The van der Waals surface area contributed by atoms with Crippen LogP contribution in [-0.4, -0.2) is 59.7 Å². The molecule has 0 radical (unpaired) electrons. The minimum Gasteiger partial charge on any atom is -0.391 e. The number of aliphatic hydroxyl groups is 1. The number of carbonyl (C=O) groups is 1. The molecule has 0 unspecified atom stereocenters. The van der Waals surface area contributed by atoms with Gasteiger partial charge in [-0.25, -0.2) is 4.98 Å². The first-order chi connectivity index (χ1) is 16.7. The molecule has 1 aromatic heterocycles. The summed E-state index contributed by atoms with van der Waals surface area (Å²) in [5, 5.41) is 13.4. The molecule has 176 valence electrons. The fraction of sp³-hybridized carbons (Fsp3) is 0.286. The van der Waals surface area contributed by atoms with Gasteiger partial charge in [0.25, 0.3) is 0 Å². The Morgan fingerprint density at radius 2 is 1.74 bits per heavy atom. The molecule has 1 fully saturated rings. The molecule has 1 saturated heterocycles. The van der Waals surface area contributed by atoms with E-state index < -0.39 is 0 Å². The molecule has 1 atom stereocenters. The Kier molecular flexibility index (Phi) is 8.43. The number of carbonyl (C=O) groups excluding carboxylic acids is 1. The number of rotatable bonds is 8. The van der Waals surface area contributed by atoms with Gasteiger partial charge >= 0.3 is 0 Å². The molecule has 34 heavy (non-hydrogen) atoms. The van der Waals surface area contributed by atoms with Gasteiger partial charge in [-0.05, 0) is 48.7 Å². The number of benzene rings is 2. The van der Waals surface area contributed by atoms with Crippen LogP contribution in [0.4, 0.5) is 11.5 Å². The lowest BCUT2D eigenvalue weighted by Crippen LogP contribution is -2.36. The normalized spacial score (nSPS) is 15.7. The first-order valence-electron chi connectivity index (χ1n) is 11.9. The number of hydrogen-bond donors (Lipinski definition) is 2. The van der Waals surface area contributed by atoms with Crippen molar-refractivity contribution in [1.82, 2.24) is 9.88 Å². The van der Waals surface area contributed by atoms with Gasteiger partial charge in [0.15, 0.2) is 0 Å². The number of nitrogens with zero attached hydrogens (tertiary/aromatic N) is 3. The highest BCUT2D eigenvalue weighted by Crippen LogP contribution is 2.17. The summed E-state index contributed by atoms with van der Waals surface area (Å²) in [7, 11) is 0. The first-order valence-corrected chi connectivity index (χ1v) is 11.9. The summed E-state index contributed by atoms with van der Waals surface area (Å²) in [5.41, 5.74) is 2.82. The number of aliphatic hydroxyl groups excluding tert-OH is 1. The van der Waals surface area contributed by atoms with Gasteiger partial charge in [-0.15, -0.1) is 0 Å². The number of anilines is 2. The van der Waals surface area contributed by atoms with Gasteiger partial charge in [-0.3, -0.25) is 9.69 Å². The lowest BCUT2D eigenvalue weighted by Gasteiger charge is -2.24. The van der Waals surface area contributed by atoms with Gasteiger partial charge in [0.1, 0.15) is 5.82 Å². The number of β-amino-alcohol motifs (C(OH)–C–C–N with tert-alkyl or cyclic N) is 1. The maximum Gasteiger partial charge on any atom is 0.248 e. The first kappa shape index (κ1) is 23.7. The van der Waals surface area contributed by atoms with Crippen molar-refractivity contribution >= 4 is 23.5 Å². The smallest absolute Gasteiger partial charge is 0.248 e. The zero-order valence-corrected chi connectivity index (χ0v) is 19.4. The molecule has 1 aliphatic heterocycles. The Hall–Kier alpha value is -3.48. The molecule has 0 saturated carbocycles. The molecule has 0 bridgehead atoms. The second kappa shape index (κ2) is 12.1. The SMILES string of the molecule is O=C(/C=C/c1ccccc1)Nc1ccc(N2CCCN(C[C@H](O)Cc3ccccc3)CC2)nc1. The van der Waals surface area contributed by atoms with Crippen LogP contribution < -0.4 is 10.2 Å². The van der Waals surface area contributed by atoms with Crippen LogP contribution in [0.3, 0.4) is 0 Å². The highest BCUT2D eigenvalue weighted by molar-refractivity contribution is 6.01. The lowest BCUT2D eigenvalue weighted by atomic mass is 10.1. The third-order valence-corrected chi connectivity index (χ3v) is 5.94. The minimum absolute atomic E-state index is 0.183. The molecule has 2 N–H and O–H groups in total. The maximum absolute atomic E-state index is 12.2. The molecular formula is C28H32N4O2. The van der Waals surface area contributed by atoms with Crippen LogP contribution in [0.15, 0.2) is 85.1 Å². The summed E-state index contributed by atoms with van der Waals surface area (Å²) in [6, 6.07) is 23.7. The van der Waals surface area contributed by atoms with Gasteiger partial charge in [-0.2, -0.15) is 0 Å². The molecule has 6 heteroatoms. The van der Waals surface area contributed by atoms with Crippen molar-refractivity contribution in [2.24, 2.45) is 0 Å². The highest BCUT2D eigenvalue weighted by Gasteiger charge is 2.18. The third kappa shape index (κ3) is 7.27. The Bertz CT molecular complexity index is 1050. The van der Waals surface area contributed by atoms with Crippen molar-refractivity contribution in [3.8, 4) is 0 Å². The summed E-state index contributed by atoms with van der Waals surface area (Å²) in [5.74, 6) is 0.724. The monoisotopic (exact) mass is 456 g/mol. The molecule has 6 nitrogen and oxygen atoms in total. The van der Waals surface area contributed by atoms with Gasteiger partial charge in [0.2, 0.25) is 5.91 Å². The fourth-order valence-electron chi connectivity index (χ4n) is 4.20. The topological polar surface area (TPSA) is 68.7 Å². The van der Waals surface area contributed by atoms with Crippen LogP contribution in [0.1, 0.15) is 17.5 Å². The van der Waals surface area contributed by atoms with E-state index in [1.165, 1.54) is 11.6 Å². The second-order valence-corrected chi connectivity index (χ2v) is 8.62. The van der Waals surface area contributed by atoms with Crippen LogP contribution in [0.2, 0.25) is 0 Å². The van der Waals surface area contributed by atoms with Crippen molar-refractivity contribution in [2.75, 3.05) is 42.9 Å². The summed E-state index contributed by atoms with van der Waals surface area (Å²) >= 11 is 0. The van der Waals surface area contributed by atoms with Gasteiger partial charge in [0.05, 0.1) is 18.0 Å². The van der Waals surface area contributed by atoms with Crippen LogP contribution in [0.25, 0.3) is 6.08 Å². The zero-order chi connectivity index (χ0) is 23.6. The largest absolute Gasteiger partial charge is 0.391 e. The molecule has 0 spiro atoms. The van der Waals surface area contributed by atoms with Crippen LogP contribution >= 0.6 is 0 Å². The van der Waals surface area contributed by atoms with E-state index in [2.05, 4.69) is 32.2 Å². The van der Waals surface area contributed by atoms with E-state index >= 15 is 0 Å². The van der Waals surface area contributed by atoms with Crippen molar-refractivity contribution in [3.05, 3.63) is 96.2 Å². The summed E-state index contributed by atoms with van der Waals surface area (Å²) in [4.78, 5) is 21.4. The molecule has 3 aromatic rings.